The Kier molecular flexibility index (Phi) is 3.24. The van der Waals surface area contributed by atoms with Crippen LogP contribution in [0.15, 0.2) is 5.38 Å². The first-order valence-electron chi connectivity index (χ1n) is 4.66. The number of rotatable bonds is 2. The summed E-state index contributed by atoms with van der Waals surface area (Å²) in [6, 6.07) is 0. The van der Waals surface area contributed by atoms with Crippen molar-refractivity contribution in [3.05, 3.63) is 16.1 Å². The predicted molar refractivity (Wildman–Crippen MR) is 59.1 cm³/mol. The normalized spacial score (nSPS) is 23.3. The highest BCUT2D eigenvalue weighted by Gasteiger charge is 2.18. The van der Waals surface area contributed by atoms with Crippen LogP contribution in [0.2, 0.25) is 0 Å². The third-order valence-corrected chi connectivity index (χ3v) is 4.55. The Hall–Kier alpha value is -0.0600. The van der Waals surface area contributed by atoms with Gasteiger partial charge < -0.3 is 5.73 Å². The van der Waals surface area contributed by atoms with Crippen LogP contribution in [0.1, 0.15) is 35.2 Å². The third-order valence-electron chi connectivity index (χ3n) is 2.25. The van der Waals surface area contributed by atoms with Crippen LogP contribution >= 0.6 is 23.1 Å². The van der Waals surface area contributed by atoms with Gasteiger partial charge >= 0.3 is 0 Å². The minimum atomic E-state index is 0.585. The molecule has 2 rings (SSSR count). The van der Waals surface area contributed by atoms with Crippen LogP contribution in [0.4, 0.5) is 0 Å². The number of hydrogen-bond acceptors (Lipinski definition) is 4. The molecule has 1 fully saturated rings. The van der Waals surface area contributed by atoms with Crippen LogP contribution in [-0.4, -0.2) is 10.7 Å². The molecule has 1 aliphatic rings. The van der Waals surface area contributed by atoms with E-state index in [1.54, 1.807) is 11.3 Å². The number of aromatic nitrogens is 1. The zero-order valence-electron chi connectivity index (χ0n) is 7.53. The Morgan fingerprint density at radius 1 is 1.54 bits per heavy atom. The lowest BCUT2D eigenvalue weighted by Crippen LogP contribution is -2.03. The summed E-state index contributed by atoms with van der Waals surface area (Å²) in [6.45, 7) is 0.585. The summed E-state index contributed by atoms with van der Waals surface area (Å²) in [4.78, 5) is 4.53. The van der Waals surface area contributed by atoms with Crippen molar-refractivity contribution in [2.24, 2.45) is 5.73 Å². The zero-order valence-corrected chi connectivity index (χ0v) is 9.16. The van der Waals surface area contributed by atoms with E-state index >= 15 is 0 Å². The van der Waals surface area contributed by atoms with Crippen molar-refractivity contribution in [2.45, 2.75) is 31.1 Å². The Balaban J connectivity index is 2.05. The molecule has 1 aliphatic heterocycles. The molecule has 0 amide bonds. The van der Waals surface area contributed by atoms with Crippen molar-refractivity contribution in [3.8, 4) is 0 Å². The van der Waals surface area contributed by atoms with Gasteiger partial charge in [0.1, 0.15) is 5.01 Å². The van der Waals surface area contributed by atoms with Gasteiger partial charge in [-0.1, -0.05) is 6.42 Å². The molecular formula is C9H14N2S2. The van der Waals surface area contributed by atoms with Crippen molar-refractivity contribution < 1.29 is 0 Å². The maximum absolute atomic E-state index is 5.53. The maximum atomic E-state index is 5.53. The molecule has 0 bridgehead atoms. The highest BCUT2D eigenvalue weighted by Crippen LogP contribution is 2.38. The minimum Gasteiger partial charge on any atom is -0.325 e. The molecular weight excluding hydrogens is 200 g/mol. The number of thiazole rings is 1. The van der Waals surface area contributed by atoms with E-state index in [2.05, 4.69) is 10.4 Å². The summed E-state index contributed by atoms with van der Waals surface area (Å²) in [7, 11) is 0. The molecule has 0 aromatic carbocycles. The van der Waals surface area contributed by atoms with Gasteiger partial charge in [0, 0.05) is 17.2 Å². The second kappa shape index (κ2) is 4.44. The first-order chi connectivity index (χ1) is 6.40. The summed E-state index contributed by atoms with van der Waals surface area (Å²) in [5, 5.41) is 3.89. The van der Waals surface area contributed by atoms with Crippen LogP contribution in [0, 0.1) is 0 Å². The van der Waals surface area contributed by atoms with E-state index in [4.69, 9.17) is 5.73 Å². The largest absolute Gasteiger partial charge is 0.325 e. The van der Waals surface area contributed by atoms with E-state index in [1.165, 1.54) is 30.7 Å². The fraction of sp³-hybridized carbons (Fsp3) is 0.667. The molecule has 1 aromatic rings. The topological polar surface area (TPSA) is 38.9 Å². The molecule has 1 unspecified atom stereocenters. The van der Waals surface area contributed by atoms with Gasteiger partial charge in [-0.3, -0.25) is 0 Å². The summed E-state index contributed by atoms with van der Waals surface area (Å²) in [6.07, 6.45) is 4.01. The van der Waals surface area contributed by atoms with Crippen LogP contribution in [0.25, 0.3) is 0 Å². The van der Waals surface area contributed by atoms with Crippen LogP contribution in [0.5, 0.6) is 0 Å². The average molecular weight is 214 g/mol. The van der Waals surface area contributed by atoms with E-state index in [-0.39, 0.29) is 0 Å². The highest BCUT2D eigenvalue weighted by molar-refractivity contribution is 7.99. The van der Waals surface area contributed by atoms with E-state index in [0.717, 1.165) is 5.01 Å². The van der Waals surface area contributed by atoms with Crippen LogP contribution < -0.4 is 5.73 Å². The van der Waals surface area contributed by atoms with Crippen molar-refractivity contribution >= 4 is 23.1 Å². The van der Waals surface area contributed by atoms with Crippen molar-refractivity contribution in [1.82, 2.24) is 4.98 Å². The second-order valence-electron chi connectivity index (χ2n) is 3.23. The third kappa shape index (κ3) is 2.24. The van der Waals surface area contributed by atoms with Gasteiger partial charge in [0.25, 0.3) is 0 Å². The van der Waals surface area contributed by atoms with Gasteiger partial charge in [0.15, 0.2) is 0 Å². The molecule has 0 aliphatic carbocycles. The average Bonchev–Trinajstić information content (AvgIpc) is 2.67. The van der Waals surface area contributed by atoms with Crippen LogP contribution in [0.3, 0.4) is 0 Å². The summed E-state index contributed by atoms with van der Waals surface area (Å²) in [5.41, 5.74) is 6.79. The Bertz CT molecular complexity index is 266. The van der Waals surface area contributed by atoms with Gasteiger partial charge in [-0.25, -0.2) is 4.98 Å². The van der Waals surface area contributed by atoms with Gasteiger partial charge in [-0.05, 0) is 18.6 Å². The summed E-state index contributed by atoms with van der Waals surface area (Å²) < 4.78 is 0. The molecule has 72 valence electrons. The summed E-state index contributed by atoms with van der Waals surface area (Å²) >= 11 is 3.74. The molecule has 0 radical (unpaired) electrons. The molecule has 1 atom stereocenters. The maximum Gasteiger partial charge on any atom is 0.106 e. The van der Waals surface area contributed by atoms with E-state index < -0.39 is 0 Å². The standard InChI is InChI=1S/C9H14N2S2/c10-5-9-11-7(6-13-9)8-3-1-2-4-12-8/h6,8H,1-5,10H2. The number of nitrogens with zero attached hydrogens (tertiary/aromatic N) is 1. The van der Waals surface area contributed by atoms with Gasteiger partial charge in [-0.15, -0.1) is 11.3 Å². The number of thioether (sulfide) groups is 1. The van der Waals surface area contributed by atoms with E-state index in [0.29, 0.717) is 11.8 Å². The second-order valence-corrected chi connectivity index (χ2v) is 5.48. The summed E-state index contributed by atoms with van der Waals surface area (Å²) in [5.74, 6) is 1.29. The minimum absolute atomic E-state index is 0.585. The molecule has 1 saturated heterocycles. The molecule has 2 N–H and O–H groups in total. The van der Waals surface area contributed by atoms with E-state index in [9.17, 15) is 0 Å². The van der Waals surface area contributed by atoms with Gasteiger partial charge in [-0.2, -0.15) is 11.8 Å². The highest BCUT2D eigenvalue weighted by atomic mass is 32.2. The lowest BCUT2D eigenvalue weighted by molar-refractivity contribution is 0.676. The van der Waals surface area contributed by atoms with E-state index in [1.807, 2.05) is 11.8 Å². The molecule has 13 heavy (non-hydrogen) atoms. The molecule has 1 aromatic heterocycles. The fourth-order valence-electron chi connectivity index (χ4n) is 1.54. The molecule has 0 spiro atoms. The predicted octanol–water partition coefficient (Wildman–Crippen LogP) is 2.56. The Morgan fingerprint density at radius 2 is 2.46 bits per heavy atom. The smallest absolute Gasteiger partial charge is 0.106 e. The lowest BCUT2D eigenvalue weighted by Gasteiger charge is -2.18. The van der Waals surface area contributed by atoms with Gasteiger partial charge in [0.05, 0.1) is 5.69 Å². The Labute approximate surface area is 86.9 Å². The fourth-order valence-corrected chi connectivity index (χ4v) is 3.64. The monoisotopic (exact) mass is 214 g/mol. The van der Waals surface area contributed by atoms with Crippen molar-refractivity contribution in [1.29, 1.82) is 0 Å². The number of hydrogen-bond donors (Lipinski definition) is 1. The SMILES string of the molecule is NCc1nc(C2CCCCS2)cs1. The van der Waals surface area contributed by atoms with Crippen molar-refractivity contribution in [2.75, 3.05) is 5.75 Å². The first kappa shape index (κ1) is 9.49. The van der Waals surface area contributed by atoms with Crippen molar-refractivity contribution in [3.63, 3.8) is 0 Å². The van der Waals surface area contributed by atoms with Gasteiger partial charge in [0.2, 0.25) is 0 Å². The lowest BCUT2D eigenvalue weighted by atomic mass is 10.1. The Morgan fingerprint density at radius 3 is 3.08 bits per heavy atom. The zero-order chi connectivity index (χ0) is 9.10. The molecule has 0 saturated carbocycles. The molecule has 4 heteroatoms. The molecule has 2 heterocycles. The first-order valence-corrected chi connectivity index (χ1v) is 6.59. The number of nitrogens with two attached hydrogens (primary N) is 1. The quantitative estimate of drug-likeness (QED) is 0.822. The molecule has 2 nitrogen and oxygen atoms in total. The van der Waals surface area contributed by atoms with Crippen LogP contribution in [-0.2, 0) is 6.54 Å².